The van der Waals surface area contributed by atoms with Gasteiger partial charge in [-0.2, -0.15) is 0 Å². The molecule has 2 unspecified atom stereocenters. The Morgan fingerprint density at radius 2 is 2.67 bits per heavy atom. The minimum absolute atomic E-state index is 0.00528. The number of amides is 1. The van der Waals surface area contributed by atoms with Gasteiger partial charge in [0, 0.05) is 19.0 Å². The van der Waals surface area contributed by atoms with Crippen LogP contribution in [0.5, 0.6) is 0 Å². The summed E-state index contributed by atoms with van der Waals surface area (Å²) in [5, 5.41) is 2.74. The average Bonchev–Trinajstić information content (AvgIpc) is 2.86. The summed E-state index contributed by atoms with van der Waals surface area (Å²) in [5.41, 5.74) is 0. The van der Waals surface area contributed by atoms with E-state index in [1.54, 1.807) is 12.4 Å². The Hall–Kier alpha value is -1.36. The molecule has 0 aliphatic carbocycles. The van der Waals surface area contributed by atoms with E-state index in [4.69, 9.17) is 4.74 Å². The van der Waals surface area contributed by atoms with Crippen LogP contribution in [0.1, 0.15) is 19.8 Å². The molecule has 1 aliphatic rings. The molecule has 0 saturated carbocycles. The van der Waals surface area contributed by atoms with E-state index in [9.17, 15) is 4.79 Å². The van der Waals surface area contributed by atoms with Gasteiger partial charge in [-0.15, -0.1) is 0 Å². The van der Waals surface area contributed by atoms with E-state index in [0.717, 1.165) is 12.8 Å². The van der Waals surface area contributed by atoms with Crippen LogP contribution in [-0.2, 0) is 9.53 Å². The lowest BCUT2D eigenvalue weighted by atomic mass is 9.99. The number of aromatic nitrogens is 2. The number of H-pyrrole nitrogens is 1. The zero-order chi connectivity index (χ0) is 10.7. The summed E-state index contributed by atoms with van der Waals surface area (Å²) in [6, 6.07) is 0. The number of imidazole rings is 1. The quantitative estimate of drug-likeness (QED) is 0.785. The Kier molecular flexibility index (Phi) is 3.01. The Bertz CT molecular complexity index is 323. The van der Waals surface area contributed by atoms with E-state index in [1.807, 2.05) is 6.92 Å². The van der Waals surface area contributed by atoms with Crippen LogP contribution in [0.3, 0.4) is 0 Å². The van der Waals surface area contributed by atoms with Crippen LogP contribution in [0.4, 0.5) is 5.95 Å². The maximum absolute atomic E-state index is 11.8. The molecular weight excluding hydrogens is 194 g/mol. The highest BCUT2D eigenvalue weighted by Crippen LogP contribution is 2.24. The first-order valence-electron chi connectivity index (χ1n) is 5.23. The van der Waals surface area contributed by atoms with Crippen LogP contribution < -0.4 is 5.32 Å². The highest BCUT2D eigenvalue weighted by Gasteiger charge is 2.32. The second-order valence-electron chi connectivity index (χ2n) is 3.64. The number of anilines is 1. The number of nitrogens with one attached hydrogen (secondary N) is 2. The molecule has 0 spiro atoms. The third kappa shape index (κ3) is 2.18. The van der Waals surface area contributed by atoms with E-state index in [-0.39, 0.29) is 17.9 Å². The summed E-state index contributed by atoms with van der Waals surface area (Å²) >= 11 is 0. The number of aromatic amines is 1. The Morgan fingerprint density at radius 3 is 3.33 bits per heavy atom. The Morgan fingerprint density at radius 1 is 1.80 bits per heavy atom. The minimum atomic E-state index is -0.0416. The molecule has 1 aromatic heterocycles. The van der Waals surface area contributed by atoms with Crippen molar-refractivity contribution in [3.05, 3.63) is 12.4 Å². The van der Waals surface area contributed by atoms with Crippen molar-refractivity contribution in [2.75, 3.05) is 11.9 Å². The number of nitrogens with zero attached hydrogens (tertiary/aromatic N) is 1. The molecule has 5 nitrogen and oxygen atoms in total. The van der Waals surface area contributed by atoms with Crippen molar-refractivity contribution < 1.29 is 9.53 Å². The lowest BCUT2D eigenvalue weighted by Crippen LogP contribution is -2.29. The van der Waals surface area contributed by atoms with Gasteiger partial charge in [-0.1, -0.05) is 6.92 Å². The smallest absolute Gasteiger partial charge is 0.232 e. The number of carbonyl (C=O) groups is 1. The average molecular weight is 209 g/mol. The lowest BCUT2D eigenvalue weighted by molar-refractivity contribution is -0.121. The summed E-state index contributed by atoms with van der Waals surface area (Å²) < 4.78 is 5.46. The number of ether oxygens (including phenoxy) is 1. The van der Waals surface area contributed by atoms with Gasteiger partial charge in [0.25, 0.3) is 0 Å². The first kappa shape index (κ1) is 10.2. The zero-order valence-corrected chi connectivity index (χ0v) is 8.69. The van der Waals surface area contributed by atoms with E-state index in [0.29, 0.717) is 12.6 Å². The third-order valence-corrected chi connectivity index (χ3v) is 2.69. The molecule has 2 atom stereocenters. The predicted molar refractivity (Wildman–Crippen MR) is 55.4 cm³/mol. The maximum atomic E-state index is 11.8. The number of hydrogen-bond acceptors (Lipinski definition) is 3. The maximum Gasteiger partial charge on any atom is 0.232 e. The zero-order valence-electron chi connectivity index (χ0n) is 8.69. The summed E-state index contributed by atoms with van der Waals surface area (Å²) in [7, 11) is 0. The van der Waals surface area contributed by atoms with Gasteiger partial charge in [-0.25, -0.2) is 4.98 Å². The molecule has 15 heavy (non-hydrogen) atoms. The second kappa shape index (κ2) is 4.44. The molecular formula is C10H15N3O2. The Labute approximate surface area is 88.2 Å². The van der Waals surface area contributed by atoms with Crippen LogP contribution >= 0.6 is 0 Å². The first-order valence-corrected chi connectivity index (χ1v) is 5.23. The fourth-order valence-electron chi connectivity index (χ4n) is 1.89. The SMILES string of the molecule is CCC1OCCC1C(=O)Nc1ncc[nH]1. The van der Waals surface area contributed by atoms with Crippen LogP contribution in [-0.4, -0.2) is 28.6 Å². The van der Waals surface area contributed by atoms with Gasteiger partial charge in [0.1, 0.15) is 0 Å². The second-order valence-corrected chi connectivity index (χ2v) is 3.64. The van der Waals surface area contributed by atoms with Crippen molar-refractivity contribution in [3.63, 3.8) is 0 Å². The molecule has 82 valence electrons. The number of carbonyl (C=O) groups excluding carboxylic acids is 1. The van der Waals surface area contributed by atoms with Gasteiger partial charge in [0.2, 0.25) is 11.9 Å². The van der Waals surface area contributed by atoms with Gasteiger partial charge >= 0.3 is 0 Å². The normalized spacial score (nSPS) is 25.4. The standard InChI is InChI=1S/C10H15N3O2/c1-2-8-7(3-6-15-8)9(14)13-10-11-4-5-12-10/h4-5,7-8H,2-3,6H2,1H3,(H2,11,12,13,14). The molecule has 0 aromatic carbocycles. The van der Waals surface area contributed by atoms with E-state index in [2.05, 4.69) is 15.3 Å². The van der Waals surface area contributed by atoms with Crippen molar-refractivity contribution in [2.45, 2.75) is 25.9 Å². The fourth-order valence-corrected chi connectivity index (χ4v) is 1.89. The van der Waals surface area contributed by atoms with Crippen molar-refractivity contribution in [1.82, 2.24) is 9.97 Å². The third-order valence-electron chi connectivity index (χ3n) is 2.69. The monoisotopic (exact) mass is 209 g/mol. The molecule has 1 aromatic rings. The molecule has 1 amide bonds. The van der Waals surface area contributed by atoms with Crippen LogP contribution in [0.15, 0.2) is 12.4 Å². The summed E-state index contributed by atoms with van der Waals surface area (Å²) in [6.45, 7) is 2.71. The molecule has 2 rings (SSSR count). The lowest BCUT2D eigenvalue weighted by Gasteiger charge is -2.15. The highest BCUT2D eigenvalue weighted by molar-refractivity contribution is 5.91. The van der Waals surface area contributed by atoms with Gasteiger partial charge in [-0.05, 0) is 12.8 Å². The molecule has 1 aliphatic heterocycles. The predicted octanol–water partition coefficient (Wildman–Crippen LogP) is 1.16. The van der Waals surface area contributed by atoms with Gasteiger partial charge < -0.3 is 9.72 Å². The Balaban J connectivity index is 1.96. The highest BCUT2D eigenvalue weighted by atomic mass is 16.5. The van der Waals surface area contributed by atoms with Crippen molar-refractivity contribution in [1.29, 1.82) is 0 Å². The van der Waals surface area contributed by atoms with Gasteiger partial charge in [0.15, 0.2) is 0 Å². The van der Waals surface area contributed by atoms with E-state index >= 15 is 0 Å². The molecule has 2 N–H and O–H groups in total. The topological polar surface area (TPSA) is 67.0 Å². The van der Waals surface area contributed by atoms with Crippen LogP contribution in [0.25, 0.3) is 0 Å². The van der Waals surface area contributed by atoms with Crippen LogP contribution in [0, 0.1) is 5.92 Å². The van der Waals surface area contributed by atoms with Gasteiger partial charge in [0.05, 0.1) is 12.0 Å². The fraction of sp³-hybridized carbons (Fsp3) is 0.600. The van der Waals surface area contributed by atoms with Crippen molar-refractivity contribution in [2.24, 2.45) is 5.92 Å². The molecule has 5 heteroatoms. The first-order chi connectivity index (χ1) is 7.31. The summed E-state index contributed by atoms with van der Waals surface area (Å²) in [4.78, 5) is 18.6. The molecule has 0 radical (unpaired) electrons. The van der Waals surface area contributed by atoms with Crippen LogP contribution in [0.2, 0.25) is 0 Å². The number of rotatable bonds is 3. The van der Waals surface area contributed by atoms with Crippen molar-refractivity contribution in [3.8, 4) is 0 Å². The minimum Gasteiger partial charge on any atom is -0.377 e. The number of hydrogen-bond donors (Lipinski definition) is 2. The van der Waals surface area contributed by atoms with Gasteiger partial charge in [-0.3, -0.25) is 10.1 Å². The molecule has 1 saturated heterocycles. The molecule has 1 fully saturated rings. The molecule has 2 heterocycles. The summed E-state index contributed by atoms with van der Waals surface area (Å²) in [5.74, 6) is 0.455. The van der Waals surface area contributed by atoms with E-state index < -0.39 is 0 Å². The molecule has 0 bridgehead atoms. The van der Waals surface area contributed by atoms with Crippen molar-refractivity contribution >= 4 is 11.9 Å². The van der Waals surface area contributed by atoms with E-state index in [1.165, 1.54) is 0 Å². The summed E-state index contributed by atoms with van der Waals surface area (Å²) in [6.07, 6.45) is 5.01. The largest absolute Gasteiger partial charge is 0.377 e.